The average Bonchev–Trinajstić information content (AvgIpc) is 3.16. The topological polar surface area (TPSA) is 77.0 Å². The van der Waals surface area contributed by atoms with Crippen molar-refractivity contribution in [2.75, 3.05) is 13.1 Å². The van der Waals surface area contributed by atoms with Gasteiger partial charge in [0, 0.05) is 31.2 Å². The van der Waals surface area contributed by atoms with Crippen molar-refractivity contribution in [3.8, 4) is 11.3 Å². The lowest BCUT2D eigenvalue weighted by molar-refractivity contribution is 0.0663. The Morgan fingerprint density at radius 3 is 2.67 bits per heavy atom. The van der Waals surface area contributed by atoms with Gasteiger partial charge in [-0.25, -0.2) is 9.67 Å². The summed E-state index contributed by atoms with van der Waals surface area (Å²) >= 11 is 0. The summed E-state index contributed by atoms with van der Waals surface area (Å²) in [6.07, 6.45) is 3.84. The zero-order valence-electron chi connectivity index (χ0n) is 17.3. The molecule has 4 rings (SSSR count). The number of hydrogen-bond acceptors (Lipinski definition) is 4. The molecule has 2 aromatic heterocycles. The fraction of sp³-hybridized carbons (Fsp3) is 0.409. The molecule has 1 aliphatic heterocycles. The molecule has 2 N–H and O–H groups in total. The SMILES string of the molecule is CCn1ncc2c(C(=O)N3CCCC(C(C)N)C3)cc(-c3ccccc3)nc21.Cl.Cl. The highest BCUT2D eigenvalue weighted by Gasteiger charge is 2.28. The predicted octanol–water partition coefficient (Wildman–Crippen LogP) is 4.16. The Hall–Kier alpha value is -2.15. The molecule has 0 aliphatic carbocycles. The van der Waals surface area contributed by atoms with Gasteiger partial charge in [0.1, 0.15) is 0 Å². The lowest BCUT2D eigenvalue weighted by atomic mass is 9.91. The summed E-state index contributed by atoms with van der Waals surface area (Å²) in [7, 11) is 0. The van der Waals surface area contributed by atoms with Crippen molar-refractivity contribution in [1.82, 2.24) is 19.7 Å². The van der Waals surface area contributed by atoms with Gasteiger partial charge in [-0.05, 0) is 38.7 Å². The van der Waals surface area contributed by atoms with Gasteiger partial charge < -0.3 is 10.6 Å². The van der Waals surface area contributed by atoms with Crippen LogP contribution in [-0.4, -0.2) is 44.7 Å². The van der Waals surface area contributed by atoms with Crippen LogP contribution in [0, 0.1) is 5.92 Å². The molecular formula is C22H29Cl2N5O. The number of piperidine rings is 1. The quantitative estimate of drug-likeness (QED) is 0.648. The number of amides is 1. The van der Waals surface area contributed by atoms with Crippen LogP contribution in [0.15, 0.2) is 42.6 Å². The molecule has 30 heavy (non-hydrogen) atoms. The molecule has 0 radical (unpaired) electrons. The van der Waals surface area contributed by atoms with E-state index in [2.05, 4.69) is 5.10 Å². The number of halogens is 2. The maximum absolute atomic E-state index is 13.5. The van der Waals surface area contributed by atoms with Crippen molar-refractivity contribution in [3.63, 3.8) is 0 Å². The maximum Gasteiger partial charge on any atom is 0.254 e. The first-order valence-electron chi connectivity index (χ1n) is 10.0. The summed E-state index contributed by atoms with van der Waals surface area (Å²) in [6, 6.07) is 12.0. The third-order valence-electron chi connectivity index (χ3n) is 5.70. The van der Waals surface area contributed by atoms with Crippen LogP contribution < -0.4 is 5.73 Å². The number of carbonyl (C=O) groups is 1. The Balaban J connectivity index is 0.00000160. The van der Waals surface area contributed by atoms with Crippen LogP contribution in [0.1, 0.15) is 37.0 Å². The van der Waals surface area contributed by atoms with E-state index in [1.807, 2.05) is 59.8 Å². The number of aryl methyl sites for hydroxylation is 1. The number of nitrogens with two attached hydrogens (primary N) is 1. The third-order valence-corrected chi connectivity index (χ3v) is 5.70. The van der Waals surface area contributed by atoms with E-state index in [1.165, 1.54) is 0 Å². The number of nitrogens with zero attached hydrogens (tertiary/aromatic N) is 4. The molecule has 162 valence electrons. The molecule has 1 aromatic carbocycles. The number of aromatic nitrogens is 3. The second-order valence-corrected chi connectivity index (χ2v) is 7.63. The van der Waals surface area contributed by atoms with E-state index in [-0.39, 0.29) is 36.8 Å². The first kappa shape index (κ1) is 24.1. The Morgan fingerprint density at radius 1 is 1.27 bits per heavy atom. The van der Waals surface area contributed by atoms with Crippen molar-refractivity contribution in [2.24, 2.45) is 11.7 Å². The van der Waals surface area contributed by atoms with E-state index < -0.39 is 0 Å². The molecule has 6 nitrogen and oxygen atoms in total. The molecule has 1 fully saturated rings. The third kappa shape index (κ3) is 4.61. The van der Waals surface area contributed by atoms with Gasteiger partial charge in [0.05, 0.1) is 22.8 Å². The highest BCUT2D eigenvalue weighted by molar-refractivity contribution is 6.06. The van der Waals surface area contributed by atoms with Crippen LogP contribution in [0.5, 0.6) is 0 Å². The normalized spacial score (nSPS) is 17.2. The minimum absolute atomic E-state index is 0. The van der Waals surface area contributed by atoms with Gasteiger partial charge >= 0.3 is 0 Å². The fourth-order valence-corrected chi connectivity index (χ4v) is 4.01. The zero-order valence-corrected chi connectivity index (χ0v) is 19.0. The van der Waals surface area contributed by atoms with Crippen molar-refractivity contribution in [3.05, 3.63) is 48.2 Å². The van der Waals surface area contributed by atoms with E-state index >= 15 is 0 Å². The highest BCUT2D eigenvalue weighted by atomic mass is 35.5. The number of likely N-dealkylation sites (tertiary alicyclic amines) is 1. The molecular weight excluding hydrogens is 421 g/mol. The molecule has 3 aromatic rings. The lowest BCUT2D eigenvalue weighted by Gasteiger charge is -2.34. The van der Waals surface area contributed by atoms with Crippen molar-refractivity contribution >= 4 is 41.8 Å². The summed E-state index contributed by atoms with van der Waals surface area (Å²) in [5.41, 5.74) is 9.34. The molecule has 0 saturated carbocycles. The largest absolute Gasteiger partial charge is 0.338 e. The number of fused-ring (bicyclic) bond motifs is 1. The minimum atomic E-state index is 0. The summed E-state index contributed by atoms with van der Waals surface area (Å²) in [4.78, 5) is 20.2. The smallest absolute Gasteiger partial charge is 0.254 e. The van der Waals surface area contributed by atoms with Gasteiger partial charge in [0.25, 0.3) is 5.91 Å². The van der Waals surface area contributed by atoms with E-state index in [9.17, 15) is 4.79 Å². The molecule has 2 atom stereocenters. The van der Waals surface area contributed by atoms with Gasteiger partial charge in [0.15, 0.2) is 5.65 Å². The molecule has 1 aliphatic rings. The first-order valence-corrected chi connectivity index (χ1v) is 10.0. The summed E-state index contributed by atoms with van der Waals surface area (Å²) < 4.78 is 1.85. The van der Waals surface area contributed by atoms with Crippen molar-refractivity contribution in [1.29, 1.82) is 0 Å². The zero-order chi connectivity index (χ0) is 19.7. The molecule has 1 saturated heterocycles. The standard InChI is InChI=1S/C22H27N5O.2ClH/c1-3-27-21-19(13-24-27)18(12-20(25-21)16-8-5-4-6-9-16)22(28)26-11-7-10-17(14-26)15(2)23;;/h4-6,8-9,12-13,15,17H,3,7,10-11,14,23H2,1-2H3;2*1H. The lowest BCUT2D eigenvalue weighted by Crippen LogP contribution is -2.45. The van der Waals surface area contributed by atoms with Crippen LogP contribution in [-0.2, 0) is 6.54 Å². The van der Waals surface area contributed by atoms with Crippen molar-refractivity contribution < 1.29 is 4.79 Å². The van der Waals surface area contributed by atoms with Crippen LogP contribution in [0.3, 0.4) is 0 Å². The number of rotatable bonds is 4. The first-order chi connectivity index (χ1) is 13.6. The van der Waals surface area contributed by atoms with E-state index in [1.54, 1.807) is 6.20 Å². The van der Waals surface area contributed by atoms with Gasteiger partial charge in [-0.15, -0.1) is 24.8 Å². The maximum atomic E-state index is 13.5. The second kappa shape index (κ2) is 10.2. The Morgan fingerprint density at radius 2 is 2.00 bits per heavy atom. The minimum Gasteiger partial charge on any atom is -0.338 e. The van der Waals surface area contributed by atoms with Gasteiger partial charge in [-0.2, -0.15) is 5.10 Å². The molecule has 0 spiro atoms. The molecule has 2 unspecified atom stereocenters. The number of pyridine rings is 1. The molecule has 1 amide bonds. The van der Waals surface area contributed by atoms with E-state index in [4.69, 9.17) is 10.7 Å². The summed E-state index contributed by atoms with van der Waals surface area (Å²) in [5.74, 6) is 0.396. The Bertz CT molecular complexity index is 990. The summed E-state index contributed by atoms with van der Waals surface area (Å²) in [6.45, 7) is 6.25. The molecule has 3 heterocycles. The Labute approximate surface area is 189 Å². The van der Waals surface area contributed by atoms with Crippen LogP contribution >= 0.6 is 24.8 Å². The number of hydrogen-bond donors (Lipinski definition) is 1. The van der Waals surface area contributed by atoms with E-state index in [0.29, 0.717) is 24.6 Å². The number of carbonyl (C=O) groups excluding carboxylic acids is 1. The number of benzene rings is 1. The predicted molar refractivity (Wildman–Crippen MR) is 125 cm³/mol. The van der Waals surface area contributed by atoms with Gasteiger partial charge in [-0.3, -0.25) is 4.79 Å². The molecule has 0 bridgehead atoms. The monoisotopic (exact) mass is 449 g/mol. The Kier molecular flexibility index (Phi) is 8.24. The van der Waals surface area contributed by atoms with Crippen LogP contribution in [0.4, 0.5) is 0 Å². The van der Waals surface area contributed by atoms with Crippen LogP contribution in [0.25, 0.3) is 22.3 Å². The second-order valence-electron chi connectivity index (χ2n) is 7.63. The van der Waals surface area contributed by atoms with Crippen molar-refractivity contribution in [2.45, 2.75) is 39.3 Å². The van der Waals surface area contributed by atoms with Gasteiger partial charge in [0.2, 0.25) is 0 Å². The van der Waals surface area contributed by atoms with E-state index in [0.717, 1.165) is 41.7 Å². The highest BCUT2D eigenvalue weighted by Crippen LogP contribution is 2.28. The average molecular weight is 450 g/mol. The molecule has 8 heteroatoms. The fourth-order valence-electron chi connectivity index (χ4n) is 4.01. The van der Waals surface area contributed by atoms with Crippen LogP contribution in [0.2, 0.25) is 0 Å². The van der Waals surface area contributed by atoms with Gasteiger partial charge in [-0.1, -0.05) is 30.3 Å². The summed E-state index contributed by atoms with van der Waals surface area (Å²) in [5, 5.41) is 5.26.